The van der Waals surface area contributed by atoms with E-state index < -0.39 is 0 Å². The maximum atomic E-state index is 12.4. The molecule has 0 unspecified atom stereocenters. The Labute approximate surface area is 185 Å². The van der Waals surface area contributed by atoms with Gasteiger partial charge in [-0.2, -0.15) is 0 Å². The van der Waals surface area contributed by atoms with Crippen LogP contribution in [0.1, 0.15) is 23.8 Å². The van der Waals surface area contributed by atoms with Crippen molar-refractivity contribution in [3.8, 4) is 17.0 Å². The number of anilines is 1. The number of ether oxygens (including phenoxy) is 2. The minimum Gasteiger partial charge on any atom is -0.494 e. The predicted octanol–water partition coefficient (Wildman–Crippen LogP) is 4.97. The fourth-order valence-electron chi connectivity index (χ4n) is 2.76. The zero-order chi connectivity index (χ0) is 22.1. The summed E-state index contributed by atoms with van der Waals surface area (Å²) in [5.74, 6) is 0.145. The zero-order valence-electron chi connectivity index (χ0n) is 17.5. The summed E-state index contributed by atoms with van der Waals surface area (Å²) in [7, 11) is 1.35. The molecule has 3 rings (SSSR count). The van der Waals surface area contributed by atoms with Gasteiger partial charge >= 0.3 is 5.97 Å². The molecule has 2 aromatic carbocycles. The van der Waals surface area contributed by atoms with Gasteiger partial charge in [-0.15, -0.1) is 11.3 Å². The Hall–Kier alpha value is -3.45. The van der Waals surface area contributed by atoms with Crippen molar-refractivity contribution in [3.63, 3.8) is 0 Å². The van der Waals surface area contributed by atoms with Gasteiger partial charge in [0, 0.05) is 16.5 Å². The van der Waals surface area contributed by atoms with Crippen LogP contribution in [0.25, 0.3) is 17.3 Å². The molecule has 160 valence electrons. The lowest BCUT2D eigenvalue weighted by Crippen LogP contribution is -2.07. The number of hydrogen-bond acceptors (Lipinski definition) is 6. The van der Waals surface area contributed by atoms with Gasteiger partial charge in [0.25, 0.3) is 0 Å². The predicted molar refractivity (Wildman–Crippen MR) is 123 cm³/mol. The topological polar surface area (TPSA) is 77.5 Å². The van der Waals surface area contributed by atoms with Crippen LogP contribution in [0.2, 0.25) is 0 Å². The van der Waals surface area contributed by atoms with Crippen LogP contribution >= 0.6 is 11.3 Å². The van der Waals surface area contributed by atoms with E-state index >= 15 is 0 Å². The summed E-state index contributed by atoms with van der Waals surface area (Å²) >= 11 is 1.26. The van der Waals surface area contributed by atoms with E-state index in [-0.39, 0.29) is 18.3 Å². The van der Waals surface area contributed by atoms with Crippen molar-refractivity contribution in [3.05, 3.63) is 71.1 Å². The van der Waals surface area contributed by atoms with Crippen molar-refractivity contribution in [2.75, 3.05) is 19.0 Å². The van der Waals surface area contributed by atoms with Gasteiger partial charge < -0.3 is 9.47 Å². The Bertz CT molecular complexity index is 1040. The third-order valence-corrected chi connectivity index (χ3v) is 5.26. The number of esters is 1. The molecule has 0 radical (unpaired) electrons. The van der Waals surface area contributed by atoms with E-state index in [1.807, 2.05) is 54.6 Å². The summed E-state index contributed by atoms with van der Waals surface area (Å²) in [6, 6.07) is 17.1. The molecule has 1 amide bonds. The van der Waals surface area contributed by atoms with E-state index in [0.29, 0.717) is 17.4 Å². The van der Waals surface area contributed by atoms with Crippen LogP contribution in [0.5, 0.6) is 5.75 Å². The van der Waals surface area contributed by atoms with Gasteiger partial charge in [0.05, 0.1) is 25.8 Å². The summed E-state index contributed by atoms with van der Waals surface area (Å²) in [5.41, 5.74) is 2.42. The van der Waals surface area contributed by atoms with Crippen LogP contribution in [0.3, 0.4) is 0 Å². The molecule has 0 aliphatic rings. The summed E-state index contributed by atoms with van der Waals surface area (Å²) in [6.07, 6.45) is 4.22. The summed E-state index contributed by atoms with van der Waals surface area (Å²) in [6.45, 7) is 2.73. The van der Waals surface area contributed by atoms with Crippen LogP contribution in [0.15, 0.2) is 60.7 Å². The first-order valence-electron chi connectivity index (χ1n) is 9.93. The number of methoxy groups -OCH3 is 1. The molecule has 31 heavy (non-hydrogen) atoms. The van der Waals surface area contributed by atoms with Crippen molar-refractivity contribution in [1.29, 1.82) is 0 Å². The SMILES string of the molecule is CCCOc1ccc(/C=C/C(=O)Nc2nc(-c3ccccc3)c(CC(=O)OC)s2)cc1. The second-order valence-electron chi connectivity index (χ2n) is 6.65. The van der Waals surface area contributed by atoms with E-state index in [9.17, 15) is 9.59 Å². The second-order valence-corrected chi connectivity index (χ2v) is 7.73. The first-order chi connectivity index (χ1) is 15.1. The van der Waals surface area contributed by atoms with Crippen LogP contribution in [0, 0.1) is 0 Å². The molecule has 0 aliphatic carbocycles. The van der Waals surface area contributed by atoms with Crippen molar-refractivity contribution in [2.45, 2.75) is 19.8 Å². The number of hydrogen-bond donors (Lipinski definition) is 1. The van der Waals surface area contributed by atoms with Crippen LogP contribution < -0.4 is 10.1 Å². The standard InChI is InChI=1S/C24H24N2O4S/c1-3-15-30-19-12-9-17(10-13-19)11-14-21(27)25-24-26-23(18-7-5-4-6-8-18)20(31-24)16-22(28)29-2/h4-14H,3,15-16H2,1-2H3,(H,25,26,27)/b14-11+. The highest BCUT2D eigenvalue weighted by molar-refractivity contribution is 7.16. The minimum absolute atomic E-state index is 0.0938. The number of aromatic nitrogens is 1. The molecule has 1 N–H and O–H groups in total. The van der Waals surface area contributed by atoms with Gasteiger partial charge in [-0.3, -0.25) is 14.9 Å². The largest absolute Gasteiger partial charge is 0.494 e. The monoisotopic (exact) mass is 436 g/mol. The number of nitrogens with one attached hydrogen (secondary N) is 1. The van der Waals surface area contributed by atoms with E-state index in [1.54, 1.807) is 6.08 Å². The molecule has 0 bridgehead atoms. The minimum atomic E-state index is -0.357. The number of nitrogens with zero attached hydrogens (tertiary/aromatic N) is 1. The van der Waals surface area contributed by atoms with Gasteiger partial charge in [-0.1, -0.05) is 49.4 Å². The van der Waals surface area contributed by atoms with Gasteiger partial charge in [-0.05, 0) is 30.2 Å². The molecule has 3 aromatic rings. The third-order valence-electron chi connectivity index (χ3n) is 4.29. The quantitative estimate of drug-likeness (QED) is 0.379. The highest BCUT2D eigenvalue weighted by Gasteiger charge is 2.17. The fraction of sp³-hybridized carbons (Fsp3) is 0.208. The molecule has 7 heteroatoms. The molecule has 0 saturated carbocycles. The van der Waals surface area contributed by atoms with E-state index in [0.717, 1.165) is 28.2 Å². The average Bonchev–Trinajstić information content (AvgIpc) is 3.19. The second kappa shape index (κ2) is 11.1. The lowest BCUT2D eigenvalue weighted by Gasteiger charge is -2.04. The molecule has 6 nitrogen and oxygen atoms in total. The van der Waals surface area contributed by atoms with Crippen molar-refractivity contribution in [2.24, 2.45) is 0 Å². The number of amides is 1. The third kappa shape index (κ3) is 6.52. The Morgan fingerprint density at radius 1 is 1.10 bits per heavy atom. The molecule has 0 aliphatic heterocycles. The summed E-state index contributed by atoms with van der Waals surface area (Å²) in [4.78, 5) is 29.4. The van der Waals surface area contributed by atoms with Crippen LogP contribution in [-0.4, -0.2) is 30.6 Å². The van der Waals surface area contributed by atoms with Gasteiger partial charge in [0.2, 0.25) is 5.91 Å². The zero-order valence-corrected chi connectivity index (χ0v) is 18.3. The molecule has 1 aromatic heterocycles. The summed E-state index contributed by atoms with van der Waals surface area (Å²) < 4.78 is 10.3. The first-order valence-corrected chi connectivity index (χ1v) is 10.7. The Kier molecular flexibility index (Phi) is 7.95. The van der Waals surface area contributed by atoms with Crippen molar-refractivity contribution >= 4 is 34.4 Å². The van der Waals surface area contributed by atoms with Crippen LogP contribution in [-0.2, 0) is 20.7 Å². The lowest BCUT2D eigenvalue weighted by atomic mass is 10.1. The Balaban J connectivity index is 1.70. The molecule has 0 atom stereocenters. The number of rotatable bonds is 9. The van der Waals surface area contributed by atoms with Crippen molar-refractivity contribution < 1.29 is 19.1 Å². The van der Waals surface area contributed by atoms with Crippen molar-refractivity contribution in [1.82, 2.24) is 4.98 Å². The molecular formula is C24H24N2O4S. The van der Waals surface area contributed by atoms with E-state index in [1.165, 1.54) is 24.5 Å². The van der Waals surface area contributed by atoms with E-state index in [4.69, 9.17) is 9.47 Å². The Morgan fingerprint density at radius 3 is 2.52 bits per heavy atom. The smallest absolute Gasteiger partial charge is 0.310 e. The van der Waals surface area contributed by atoms with Gasteiger partial charge in [0.1, 0.15) is 5.75 Å². The number of benzene rings is 2. The first kappa shape index (κ1) is 22.2. The Morgan fingerprint density at radius 2 is 1.84 bits per heavy atom. The molecule has 0 fully saturated rings. The fourth-order valence-corrected chi connectivity index (χ4v) is 3.74. The maximum Gasteiger partial charge on any atom is 0.310 e. The molecule has 0 spiro atoms. The molecule has 0 saturated heterocycles. The van der Waals surface area contributed by atoms with Gasteiger partial charge in [0.15, 0.2) is 5.13 Å². The molecular weight excluding hydrogens is 412 g/mol. The average molecular weight is 437 g/mol. The highest BCUT2D eigenvalue weighted by atomic mass is 32.1. The van der Waals surface area contributed by atoms with E-state index in [2.05, 4.69) is 17.2 Å². The number of carbonyl (C=O) groups is 2. The normalized spacial score (nSPS) is 10.8. The number of carbonyl (C=O) groups excluding carboxylic acids is 2. The van der Waals surface area contributed by atoms with Crippen LogP contribution in [0.4, 0.5) is 5.13 Å². The van der Waals surface area contributed by atoms with Gasteiger partial charge in [-0.25, -0.2) is 4.98 Å². The number of thiazole rings is 1. The highest BCUT2D eigenvalue weighted by Crippen LogP contribution is 2.31. The maximum absolute atomic E-state index is 12.4. The molecule has 1 heterocycles. The lowest BCUT2D eigenvalue weighted by molar-refractivity contribution is -0.139. The summed E-state index contributed by atoms with van der Waals surface area (Å²) in [5, 5.41) is 3.20.